The first-order valence-corrected chi connectivity index (χ1v) is 14.9. The molecule has 4 aromatic carbocycles. The fourth-order valence-corrected chi connectivity index (χ4v) is 6.08. The van der Waals surface area contributed by atoms with Crippen molar-refractivity contribution in [1.82, 2.24) is 0 Å². The molecule has 3 heterocycles. The molecule has 4 aromatic rings. The first kappa shape index (κ1) is 29.9. The fourth-order valence-electron chi connectivity index (χ4n) is 6.08. The second-order valence-electron chi connectivity index (χ2n) is 12.2. The van der Waals surface area contributed by atoms with Gasteiger partial charge in [-0.1, -0.05) is 24.3 Å². The van der Waals surface area contributed by atoms with Crippen molar-refractivity contribution < 1.29 is 23.5 Å². The number of hydrogen-bond acceptors (Lipinski definition) is 4. The monoisotopic (exact) mass is 602 g/mol. The van der Waals surface area contributed by atoms with Crippen molar-refractivity contribution in [2.24, 2.45) is 0 Å². The van der Waals surface area contributed by atoms with Crippen LogP contribution in [0.15, 0.2) is 72.8 Å². The molecule has 0 aromatic heterocycles. The Labute approximate surface area is 262 Å². The van der Waals surface area contributed by atoms with Crippen molar-refractivity contribution in [3.05, 3.63) is 118 Å². The summed E-state index contributed by atoms with van der Waals surface area (Å²) in [6.07, 6.45) is 5.74. The van der Waals surface area contributed by atoms with Crippen molar-refractivity contribution in [3.8, 4) is 11.5 Å². The van der Waals surface area contributed by atoms with Crippen LogP contribution in [0.2, 0.25) is 0 Å². The number of benzene rings is 4. The zero-order valence-corrected chi connectivity index (χ0v) is 26.0. The summed E-state index contributed by atoms with van der Waals surface area (Å²) in [5, 5.41) is 5.66. The minimum atomic E-state index is -0.358. The zero-order chi connectivity index (χ0) is 31.9. The van der Waals surface area contributed by atoms with E-state index in [-0.39, 0.29) is 23.2 Å². The van der Waals surface area contributed by atoms with Gasteiger partial charge in [0.2, 0.25) is 0 Å². The largest absolute Gasteiger partial charge is 0.496 e. The summed E-state index contributed by atoms with van der Waals surface area (Å²) in [6, 6.07) is 22.1. The average molecular weight is 603 g/mol. The van der Waals surface area contributed by atoms with Gasteiger partial charge in [-0.15, -0.1) is 0 Å². The Morgan fingerprint density at radius 3 is 2.16 bits per heavy atom. The molecule has 7 rings (SSSR count). The number of anilines is 2. The lowest BCUT2D eigenvalue weighted by Gasteiger charge is -2.32. The molecule has 0 saturated heterocycles. The number of aryl methyl sites for hydroxylation is 3. The third kappa shape index (κ3) is 6.11. The number of methoxy groups -OCH3 is 1. The molecule has 0 fully saturated rings. The molecule has 0 radical (unpaired) electrons. The van der Waals surface area contributed by atoms with Gasteiger partial charge in [0.15, 0.2) is 0 Å². The molecule has 0 unspecified atom stereocenters. The second-order valence-corrected chi connectivity index (χ2v) is 12.2. The van der Waals surface area contributed by atoms with Gasteiger partial charge in [-0.2, -0.15) is 0 Å². The Balaban J connectivity index is 0.000000159. The highest BCUT2D eigenvalue weighted by atomic mass is 19.1. The van der Waals surface area contributed by atoms with E-state index in [0.29, 0.717) is 16.8 Å². The molecule has 2 N–H and O–H groups in total. The normalized spacial score (nSPS) is 17.4. The lowest BCUT2D eigenvalue weighted by atomic mass is 9.93. The molecular formula is C38H35FN2O4. The third-order valence-electron chi connectivity index (χ3n) is 8.25. The van der Waals surface area contributed by atoms with Crippen molar-refractivity contribution in [2.75, 3.05) is 17.7 Å². The van der Waals surface area contributed by atoms with Crippen LogP contribution in [0, 0.1) is 19.7 Å². The van der Waals surface area contributed by atoms with Crippen molar-refractivity contribution in [3.63, 3.8) is 0 Å². The molecule has 6 nitrogen and oxygen atoms in total. The van der Waals surface area contributed by atoms with Gasteiger partial charge >= 0.3 is 0 Å². The second kappa shape index (κ2) is 11.7. The number of fused-ring (bicyclic) bond motifs is 3. The molecular weight excluding hydrogens is 567 g/mol. The number of halogens is 1. The Morgan fingerprint density at radius 1 is 0.800 bits per heavy atom. The van der Waals surface area contributed by atoms with Gasteiger partial charge in [0.1, 0.15) is 22.9 Å². The average Bonchev–Trinajstić information content (AvgIpc) is 3.47. The van der Waals surface area contributed by atoms with Gasteiger partial charge in [0.25, 0.3) is 11.8 Å². The van der Waals surface area contributed by atoms with Gasteiger partial charge in [-0.05, 0) is 129 Å². The molecule has 0 bridgehead atoms. The highest BCUT2D eigenvalue weighted by Crippen LogP contribution is 2.37. The number of para-hydroxylation sites is 1. The summed E-state index contributed by atoms with van der Waals surface area (Å²) in [6.45, 7) is 8.14. The summed E-state index contributed by atoms with van der Waals surface area (Å²) in [5.74, 6) is 1.18. The van der Waals surface area contributed by atoms with E-state index in [4.69, 9.17) is 9.47 Å². The summed E-state index contributed by atoms with van der Waals surface area (Å²) < 4.78 is 24.8. The van der Waals surface area contributed by atoms with E-state index >= 15 is 0 Å². The number of rotatable bonds is 3. The molecule has 0 saturated carbocycles. The van der Waals surface area contributed by atoms with Gasteiger partial charge < -0.3 is 20.1 Å². The maximum absolute atomic E-state index is 13.4. The van der Waals surface area contributed by atoms with Crippen LogP contribution >= 0.6 is 0 Å². The van der Waals surface area contributed by atoms with E-state index in [9.17, 15) is 14.0 Å². The highest BCUT2D eigenvalue weighted by molar-refractivity contribution is 6.35. The molecule has 3 aliphatic rings. The van der Waals surface area contributed by atoms with Crippen LogP contribution < -0.4 is 20.1 Å². The standard InChI is InChI=1S/C20H19NO2.C18H16FNO2/c1-20(2)10-9-14-11-13(7-8-18(14)23-20)12-16-15-5-3-4-6-17(15)21-19(16)22;1-10-6-12(7-11(2)17(10)22-3)8-15-14-9-13(19)4-5-16(14)20-18(15)21/h3-8,11-12H,9-10H2,1-2H3,(H,21,22);4-9H,1-3H3,(H,20,21). The van der Waals surface area contributed by atoms with Gasteiger partial charge in [-0.25, -0.2) is 4.39 Å². The molecule has 0 spiro atoms. The van der Waals surface area contributed by atoms with Crippen LogP contribution in [-0.4, -0.2) is 24.5 Å². The molecule has 0 atom stereocenters. The van der Waals surface area contributed by atoms with Crippen molar-refractivity contribution in [2.45, 2.75) is 46.1 Å². The lowest BCUT2D eigenvalue weighted by molar-refractivity contribution is -0.111. The van der Waals surface area contributed by atoms with Crippen LogP contribution in [-0.2, 0) is 16.0 Å². The molecule has 3 aliphatic heterocycles. The van der Waals surface area contributed by atoms with Gasteiger partial charge in [0.05, 0.1) is 7.11 Å². The molecule has 2 amide bonds. The van der Waals surface area contributed by atoms with E-state index in [0.717, 1.165) is 63.4 Å². The summed E-state index contributed by atoms with van der Waals surface area (Å²) in [5.41, 5.74) is 9.29. The Morgan fingerprint density at radius 2 is 1.44 bits per heavy atom. The van der Waals surface area contributed by atoms with E-state index in [1.807, 2.05) is 68.5 Å². The van der Waals surface area contributed by atoms with E-state index in [2.05, 4.69) is 30.5 Å². The van der Waals surface area contributed by atoms with Crippen LogP contribution in [0.5, 0.6) is 11.5 Å². The van der Waals surface area contributed by atoms with Crippen LogP contribution in [0.3, 0.4) is 0 Å². The van der Waals surface area contributed by atoms with Crippen LogP contribution in [0.1, 0.15) is 59.2 Å². The SMILES string of the molecule is CC1(C)CCc2cc(C=C3C(=O)Nc4ccccc43)ccc2O1.COc1c(C)cc(C=C2C(=O)Nc3ccc(F)cc32)cc1C. The third-order valence-corrected chi connectivity index (χ3v) is 8.25. The fraction of sp³-hybridized carbons (Fsp3) is 0.211. The van der Waals surface area contributed by atoms with Crippen LogP contribution in [0.4, 0.5) is 15.8 Å². The number of amides is 2. The first-order chi connectivity index (χ1) is 21.5. The summed E-state index contributed by atoms with van der Waals surface area (Å²) >= 11 is 0. The first-order valence-electron chi connectivity index (χ1n) is 14.9. The maximum atomic E-state index is 13.4. The number of hydrogen-bond donors (Lipinski definition) is 2. The van der Waals surface area contributed by atoms with E-state index < -0.39 is 0 Å². The topological polar surface area (TPSA) is 76.7 Å². The lowest BCUT2D eigenvalue weighted by Crippen LogP contribution is -2.32. The smallest absolute Gasteiger partial charge is 0.256 e. The number of nitrogens with one attached hydrogen (secondary N) is 2. The minimum absolute atomic E-state index is 0.0405. The highest BCUT2D eigenvalue weighted by Gasteiger charge is 2.28. The molecule has 45 heavy (non-hydrogen) atoms. The Kier molecular flexibility index (Phi) is 7.79. The number of carbonyl (C=O) groups is 2. The molecule has 7 heteroatoms. The zero-order valence-electron chi connectivity index (χ0n) is 26.0. The van der Waals surface area contributed by atoms with Crippen molar-refractivity contribution in [1.29, 1.82) is 0 Å². The van der Waals surface area contributed by atoms with E-state index in [1.54, 1.807) is 19.3 Å². The quantitative estimate of drug-likeness (QED) is 0.232. The predicted octanol–water partition coefficient (Wildman–Crippen LogP) is 8.23. The van der Waals surface area contributed by atoms with Gasteiger partial charge in [0, 0.05) is 33.6 Å². The summed E-state index contributed by atoms with van der Waals surface area (Å²) in [7, 11) is 1.64. The van der Waals surface area contributed by atoms with E-state index in [1.165, 1.54) is 17.7 Å². The maximum Gasteiger partial charge on any atom is 0.256 e. The number of ether oxygens (including phenoxy) is 2. The Hall–Kier alpha value is -5.17. The number of carbonyl (C=O) groups excluding carboxylic acids is 2. The molecule has 228 valence electrons. The minimum Gasteiger partial charge on any atom is -0.496 e. The Bertz CT molecular complexity index is 1900. The van der Waals surface area contributed by atoms with Crippen LogP contribution in [0.25, 0.3) is 23.3 Å². The van der Waals surface area contributed by atoms with Crippen molar-refractivity contribution >= 4 is 46.5 Å². The van der Waals surface area contributed by atoms with Gasteiger partial charge in [-0.3, -0.25) is 9.59 Å². The molecule has 0 aliphatic carbocycles. The summed E-state index contributed by atoms with van der Waals surface area (Å²) in [4.78, 5) is 24.3. The predicted molar refractivity (Wildman–Crippen MR) is 178 cm³/mol.